The van der Waals surface area contributed by atoms with E-state index in [1.165, 1.54) is 0 Å². The molecular formula is As4O16W3-12. The second-order valence-corrected chi connectivity index (χ2v) is 9.30. The van der Waals surface area contributed by atoms with Crippen LogP contribution in [0.5, 0.6) is 0 Å². The van der Waals surface area contributed by atoms with Crippen molar-refractivity contribution in [3.05, 3.63) is 0 Å². The van der Waals surface area contributed by atoms with Gasteiger partial charge in [0.1, 0.15) is 0 Å². The second kappa shape index (κ2) is 19.8. The number of hydrogen-bond acceptors (Lipinski definition) is 16. The van der Waals surface area contributed by atoms with Crippen LogP contribution in [0.15, 0.2) is 0 Å². The Morgan fingerprint density at radius 1 is 0.304 bits per heavy atom. The molecule has 0 N–H and O–H groups in total. The molecule has 0 radical (unpaired) electrons. The molecule has 0 fully saturated rings. The molecule has 23 heavy (non-hydrogen) atoms. The summed E-state index contributed by atoms with van der Waals surface area (Å²) in [6, 6.07) is 0. The maximum atomic E-state index is 8.61. The summed E-state index contributed by atoms with van der Waals surface area (Å²) in [5.41, 5.74) is 0. The SMILES string of the molecule is O=[As]([O-])([O-])[O-].O=[As]([O-])([O-])[O-].O=[As]([O-])([O-])[O-].O=[As]([O-])([O-])[O-].[W].[W].[W]. The summed E-state index contributed by atoms with van der Waals surface area (Å²) >= 11 is -23.5. The van der Waals surface area contributed by atoms with Crippen molar-refractivity contribution in [2.75, 3.05) is 0 Å². The van der Waals surface area contributed by atoms with Crippen LogP contribution in [-0.4, -0.2) is 58.1 Å². The molecule has 0 saturated heterocycles. The summed E-state index contributed by atoms with van der Waals surface area (Å²) in [4.78, 5) is 0. The van der Waals surface area contributed by atoms with Crippen molar-refractivity contribution in [2.45, 2.75) is 0 Å². The van der Waals surface area contributed by atoms with Gasteiger partial charge >= 0.3 is 122 Å². The molecule has 0 amide bonds. The smallest absolute Gasteiger partial charge is 0 e. The largest absolute Gasteiger partial charge is 0 e. The zero-order valence-corrected chi connectivity index (χ0v) is 25.9. The number of hydrogen-bond donors (Lipinski definition) is 0. The fourth-order valence-electron chi connectivity index (χ4n) is 0. The molecule has 0 unspecified atom stereocenters. The Balaban J connectivity index is -0.0000000284. The molecular weight excluding hydrogens is 1110 g/mol. The van der Waals surface area contributed by atoms with Gasteiger partial charge in [0.2, 0.25) is 0 Å². The Morgan fingerprint density at radius 3 is 0.304 bits per heavy atom. The van der Waals surface area contributed by atoms with Gasteiger partial charge in [-0.2, -0.15) is 0 Å². The predicted molar refractivity (Wildman–Crippen MR) is 25.8 cm³/mol. The van der Waals surface area contributed by atoms with E-state index in [1.807, 2.05) is 0 Å². The van der Waals surface area contributed by atoms with Gasteiger partial charge in [0.15, 0.2) is 0 Å². The van der Waals surface area contributed by atoms with E-state index in [4.69, 9.17) is 64.1 Å². The van der Waals surface area contributed by atoms with Crippen molar-refractivity contribution >= 4 is 58.1 Å². The van der Waals surface area contributed by atoms with Crippen molar-refractivity contribution in [3.8, 4) is 0 Å². The fourth-order valence-corrected chi connectivity index (χ4v) is 0. The molecule has 0 heterocycles. The van der Waals surface area contributed by atoms with Crippen LogP contribution in [0.25, 0.3) is 0 Å². The van der Waals surface area contributed by atoms with Crippen molar-refractivity contribution in [1.29, 1.82) is 0 Å². The molecule has 146 valence electrons. The summed E-state index contributed by atoms with van der Waals surface area (Å²) in [7, 11) is 0. The molecule has 0 aromatic heterocycles. The Labute approximate surface area is 183 Å². The van der Waals surface area contributed by atoms with Gasteiger partial charge in [-0.3, -0.25) is 0 Å². The van der Waals surface area contributed by atoms with Gasteiger partial charge in [0, 0.05) is 63.2 Å². The third-order valence-electron chi connectivity index (χ3n) is 0. The van der Waals surface area contributed by atoms with Crippen LogP contribution in [0, 0.1) is 0 Å². The molecule has 0 aliphatic heterocycles. The maximum Gasteiger partial charge on any atom is 0 e. The summed E-state index contributed by atoms with van der Waals surface area (Å²) in [5.74, 6) is 0. The molecule has 0 aromatic carbocycles. The minimum atomic E-state index is -5.88. The molecule has 0 rings (SSSR count). The summed E-state index contributed by atoms with van der Waals surface area (Å²) in [5, 5.41) is 0. The van der Waals surface area contributed by atoms with E-state index in [1.54, 1.807) is 0 Å². The van der Waals surface area contributed by atoms with Crippen LogP contribution in [-0.2, 0) is 78.2 Å². The molecule has 23 heteroatoms. The standard InChI is InChI=1S/4AsH3O4.3W/c4*2-1(3,4)5;;;/h4*(H3,2,3,4,5);;;/p-12. The first kappa shape index (κ1) is 45.0. The van der Waals surface area contributed by atoms with E-state index in [0.29, 0.717) is 0 Å². The van der Waals surface area contributed by atoms with Gasteiger partial charge in [0.05, 0.1) is 0 Å². The fraction of sp³-hybridized carbons (Fsp3) is 0. The summed E-state index contributed by atoms with van der Waals surface area (Å²) < 4.78 is 138. The minimum Gasteiger partial charge on any atom is 0 e. The minimum absolute atomic E-state index is 0. The van der Waals surface area contributed by atoms with Crippen LogP contribution < -0.4 is 49.1 Å². The molecule has 0 bridgehead atoms. The van der Waals surface area contributed by atoms with E-state index in [9.17, 15) is 0 Å². The van der Waals surface area contributed by atoms with Gasteiger partial charge in [-0.05, 0) is 0 Å². The normalized spacial score (nSPS) is 10.3. The molecule has 0 aliphatic rings. The first-order valence-electron chi connectivity index (χ1n) is 2.92. The Morgan fingerprint density at radius 2 is 0.304 bits per heavy atom. The van der Waals surface area contributed by atoms with Crippen molar-refractivity contribution in [3.63, 3.8) is 0 Å². The van der Waals surface area contributed by atoms with Gasteiger partial charge in [0.25, 0.3) is 0 Å². The second-order valence-electron chi connectivity index (χ2n) is 1.79. The first-order chi connectivity index (χ1) is 8.00. The number of rotatable bonds is 0. The molecule has 16 nitrogen and oxygen atoms in total. The van der Waals surface area contributed by atoms with Gasteiger partial charge < -0.3 is 0 Å². The maximum absolute atomic E-state index is 8.61. The van der Waals surface area contributed by atoms with Crippen LogP contribution in [0.3, 0.4) is 0 Å². The Bertz CT molecular complexity index is 292. The van der Waals surface area contributed by atoms with Gasteiger partial charge in [-0.15, -0.1) is 0 Å². The third-order valence-corrected chi connectivity index (χ3v) is 0. The molecule has 0 aromatic rings. The molecule has 0 spiro atoms. The van der Waals surface area contributed by atoms with E-state index in [2.05, 4.69) is 0 Å². The van der Waals surface area contributed by atoms with Crippen molar-refractivity contribution < 1.29 is 127 Å². The first-order valence-corrected chi connectivity index (χ1v) is 15.2. The third kappa shape index (κ3) is 1450. The van der Waals surface area contributed by atoms with E-state index < -0.39 is 58.1 Å². The van der Waals surface area contributed by atoms with Crippen LogP contribution in [0.2, 0.25) is 0 Å². The topological polar surface area (TPSA) is 345 Å². The van der Waals surface area contributed by atoms with Crippen molar-refractivity contribution in [2.24, 2.45) is 0 Å². The van der Waals surface area contributed by atoms with E-state index >= 15 is 0 Å². The zero-order valence-electron chi connectivity index (χ0n) is 9.55. The quantitative estimate of drug-likeness (QED) is 0.203. The predicted octanol–water partition coefficient (Wildman–Crippen LogP) is -16.3. The average Bonchev–Trinajstić information content (AvgIpc) is 1.62. The Kier molecular flexibility index (Phi) is 38.7. The van der Waals surface area contributed by atoms with Crippen molar-refractivity contribution in [1.82, 2.24) is 0 Å². The van der Waals surface area contributed by atoms with Crippen LogP contribution >= 0.6 is 0 Å². The van der Waals surface area contributed by atoms with Crippen LogP contribution in [0.4, 0.5) is 0 Å². The molecule has 0 aliphatic carbocycles. The van der Waals surface area contributed by atoms with E-state index in [-0.39, 0.29) is 63.2 Å². The van der Waals surface area contributed by atoms with Gasteiger partial charge in [-0.25, -0.2) is 0 Å². The summed E-state index contributed by atoms with van der Waals surface area (Å²) in [6.45, 7) is 0. The van der Waals surface area contributed by atoms with Crippen LogP contribution in [0.1, 0.15) is 0 Å². The molecule has 0 saturated carbocycles. The monoisotopic (exact) mass is 1110 g/mol. The molecule has 0 atom stereocenters. The average molecular weight is 1110 g/mol. The van der Waals surface area contributed by atoms with Gasteiger partial charge in [-0.1, -0.05) is 0 Å². The Hall–Kier alpha value is 3.02. The summed E-state index contributed by atoms with van der Waals surface area (Å²) in [6.07, 6.45) is 0. The zero-order chi connectivity index (χ0) is 18.0. The van der Waals surface area contributed by atoms with E-state index in [0.717, 1.165) is 0 Å².